The van der Waals surface area contributed by atoms with E-state index in [1.165, 1.54) is 17.3 Å². The number of nitrogens with one attached hydrogen (secondary N) is 1. The van der Waals surface area contributed by atoms with Gasteiger partial charge < -0.3 is 5.32 Å². The molecular weight excluding hydrogens is 332 g/mol. The highest BCUT2D eigenvalue weighted by Gasteiger charge is 2.32. The summed E-state index contributed by atoms with van der Waals surface area (Å²) in [5, 5.41) is 10.1. The van der Waals surface area contributed by atoms with Crippen LogP contribution < -0.4 is 5.32 Å². The standard InChI is InChI=1S/C19H18N4OS/c1-13-6-2-4-8-15(13)21-18(24)12-25-19-22-16-9-5-3-7-14(16)17-10-11-20-23(17)19/h2-9,11,17H,10,12H2,1H3,(H,21,24)/t17-/m0/s1. The van der Waals surface area contributed by atoms with Crippen molar-refractivity contribution < 1.29 is 4.79 Å². The summed E-state index contributed by atoms with van der Waals surface area (Å²) in [5.41, 5.74) is 4.06. The molecule has 2 heterocycles. The molecule has 0 saturated carbocycles. The van der Waals surface area contributed by atoms with Gasteiger partial charge in [-0.05, 0) is 24.6 Å². The van der Waals surface area contributed by atoms with Crippen LogP contribution in [0.3, 0.4) is 0 Å². The average molecular weight is 350 g/mol. The van der Waals surface area contributed by atoms with Crippen molar-refractivity contribution in [1.29, 1.82) is 0 Å². The van der Waals surface area contributed by atoms with Crippen LogP contribution in [0.1, 0.15) is 23.6 Å². The predicted octanol–water partition coefficient (Wildman–Crippen LogP) is 4.10. The van der Waals surface area contributed by atoms with E-state index < -0.39 is 0 Å². The number of hydrogen-bond donors (Lipinski definition) is 1. The van der Waals surface area contributed by atoms with Crippen LogP contribution in [0.2, 0.25) is 0 Å². The summed E-state index contributed by atoms with van der Waals surface area (Å²) in [7, 11) is 0. The van der Waals surface area contributed by atoms with Crippen LogP contribution in [0.5, 0.6) is 0 Å². The number of carbonyl (C=O) groups is 1. The number of para-hydroxylation sites is 2. The molecule has 1 atom stereocenters. The average Bonchev–Trinajstić information content (AvgIpc) is 3.12. The molecule has 2 aliphatic heterocycles. The van der Waals surface area contributed by atoms with Gasteiger partial charge >= 0.3 is 0 Å². The normalized spacial score (nSPS) is 17.7. The van der Waals surface area contributed by atoms with Crippen LogP contribution in [0, 0.1) is 6.92 Å². The number of rotatable bonds is 3. The van der Waals surface area contributed by atoms with Crippen LogP contribution in [0.25, 0.3) is 0 Å². The Morgan fingerprint density at radius 3 is 2.92 bits per heavy atom. The zero-order valence-electron chi connectivity index (χ0n) is 13.8. The van der Waals surface area contributed by atoms with Gasteiger partial charge in [-0.2, -0.15) is 5.10 Å². The van der Waals surface area contributed by atoms with Crippen molar-refractivity contribution in [2.75, 3.05) is 11.1 Å². The Morgan fingerprint density at radius 2 is 2.04 bits per heavy atom. The van der Waals surface area contributed by atoms with Crippen molar-refractivity contribution in [3.05, 3.63) is 59.7 Å². The molecular formula is C19H18N4OS. The monoisotopic (exact) mass is 350 g/mol. The lowest BCUT2D eigenvalue weighted by Crippen LogP contribution is -2.29. The summed E-state index contributed by atoms with van der Waals surface area (Å²) >= 11 is 1.42. The first-order valence-corrected chi connectivity index (χ1v) is 9.18. The van der Waals surface area contributed by atoms with Crippen LogP contribution >= 0.6 is 11.8 Å². The molecule has 1 N–H and O–H groups in total. The van der Waals surface area contributed by atoms with E-state index >= 15 is 0 Å². The second kappa shape index (κ2) is 6.72. The summed E-state index contributed by atoms with van der Waals surface area (Å²) < 4.78 is 0. The van der Waals surface area contributed by atoms with Crippen LogP contribution in [-0.4, -0.2) is 28.1 Å². The maximum atomic E-state index is 12.3. The van der Waals surface area contributed by atoms with E-state index in [2.05, 4.69) is 16.5 Å². The predicted molar refractivity (Wildman–Crippen MR) is 103 cm³/mol. The van der Waals surface area contributed by atoms with Gasteiger partial charge in [-0.1, -0.05) is 48.2 Å². The van der Waals surface area contributed by atoms with E-state index in [0.29, 0.717) is 5.75 Å². The number of fused-ring (bicyclic) bond motifs is 3. The number of anilines is 1. The number of benzene rings is 2. The van der Waals surface area contributed by atoms with E-state index in [-0.39, 0.29) is 11.9 Å². The molecule has 1 amide bonds. The summed E-state index contributed by atoms with van der Waals surface area (Å²) in [6.45, 7) is 1.98. The summed E-state index contributed by atoms with van der Waals surface area (Å²) in [6.07, 6.45) is 2.78. The molecule has 4 rings (SSSR count). The Bertz CT molecular complexity index is 877. The Kier molecular flexibility index (Phi) is 4.28. The first kappa shape index (κ1) is 15.9. The van der Waals surface area contributed by atoms with Gasteiger partial charge in [0.25, 0.3) is 0 Å². The highest BCUT2D eigenvalue weighted by atomic mass is 32.2. The van der Waals surface area contributed by atoms with Crippen LogP contribution in [0.15, 0.2) is 58.6 Å². The van der Waals surface area contributed by atoms with Crippen molar-refractivity contribution in [1.82, 2.24) is 5.01 Å². The maximum absolute atomic E-state index is 12.3. The van der Waals surface area contributed by atoms with E-state index in [9.17, 15) is 4.79 Å². The number of thioether (sulfide) groups is 1. The number of carbonyl (C=O) groups excluding carboxylic acids is 1. The van der Waals surface area contributed by atoms with Crippen molar-refractivity contribution in [2.24, 2.45) is 10.1 Å². The van der Waals surface area contributed by atoms with Crippen molar-refractivity contribution in [3.63, 3.8) is 0 Å². The Morgan fingerprint density at radius 1 is 1.24 bits per heavy atom. The molecule has 0 fully saturated rings. The molecule has 126 valence electrons. The van der Waals surface area contributed by atoms with Crippen molar-refractivity contribution in [3.8, 4) is 0 Å². The summed E-state index contributed by atoms with van der Waals surface area (Å²) in [5.74, 6) is 0.259. The Balaban J connectivity index is 1.47. The topological polar surface area (TPSA) is 57.1 Å². The first-order chi connectivity index (χ1) is 12.2. The molecule has 25 heavy (non-hydrogen) atoms. The lowest BCUT2D eigenvalue weighted by atomic mass is 10.0. The number of amidine groups is 1. The maximum Gasteiger partial charge on any atom is 0.234 e. The van der Waals surface area contributed by atoms with Gasteiger partial charge in [0.15, 0.2) is 5.17 Å². The van der Waals surface area contributed by atoms with E-state index in [1.807, 2.05) is 60.6 Å². The zero-order valence-corrected chi connectivity index (χ0v) is 14.7. The van der Waals surface area contributed by atoms with Gasteiger partial charge in [-0.15, -0.1) is 0 Å². The number of aliphatic imine (C=N–C) groups is 1. The van der Waals surface area contributed by atoms with Crippen molar-refractivity contribution in [2.45, 2.75) is 19.4 Å². The molecule has 2 aliphatic rings. The smallest absolute Gasteiger partial charge is 0.234 e. The Hall–Kier alpha value is -2.60. The number of amides is 1. The minimum Gasteiger partial charge on any atom is -0.325 e. The molecule has 5 nitrogen and oxygen atoms in total. The molecule has 0 aromatic heterocycles. The van der Waals surface area contributed by atoms with Gasteiger partial charge in [-0.25, -0.2) is 10.0 Å². The number of hydrazone groups is 1. The highest BCUT2D eigenvalue weighted by Crippen LogP contribution is 2.40. The summed E-state index contributed by atoms with van der Waals surface area (Å²) in [4.78, 5) is 17.0. The molecule has 0 bridgehead atoms. The molecule has 0 aliphatic carbocycles. The lowest BCUT2D eigenvalue weighted by Gasteiger charge is -2.29. The zero-order chi connectivity index (χ0) is 17.2. The molecule has 0 spiro atoms. The lowest BCUT2D eigenvalue weighted by molar-refractivity contribution is -0.113. The SMILES string of the molecule is Cc1ccccc1NC(=O)CSC1=Nc2ccccc2[C@@H]2CC=NN12. The largest absolute Gasteiger partial charge is 0.325 e. The second-order valence-electron chi connectivity index (χ2n) is 6.00. The second-order valence-corrected chi connectivity index (χ2v) is 6.94. The molecule has 0 radical (unpaired) electrons. The van der Waals surface area contributed by atoms with Gasteiger partial charge in [0.1, 0.15) is 0 Å². The van der Waals surface area contributed by atoms with Crippen molar-refractivity contribution >= 4 is 40.4 Å². The van der Waals surface area contributed by atoms with Gasteiger partial charge in [-0.3, -0.25) is 4.79 Å². The minimum absolute atomic E-state index is 0.0411. The van der Waals surface area contributed by atoms with Gasteiger partial charge in [0.05, 0.1) is 17.5 Å². The molecule has 0 unspecified atom stereocenters. The van der Waals surface area contributed by atoms with Crippen LogP contribution in [0.4, 0.5) is 11.4 Å². The van der Waals surface area contributed by atoms with Gasteiger partial charge in [0, 0.05) is 23.9 Å². The number of aryl methyl sites for hydroxylation is 1. The third kappa shape index (κ3) is 3.17. The highest BCUT2D eigenvalue weighted by molar-refractivity contribution is 8.14. The van der Waals surface area contributed by atoms with Gasteiger partial charge in [0.2, 0.25) is 5.91 Å². The first-order valence-electron chi connectivity index (χ1n) is 8.20. The third-order valence-electron chi connectivity index (χ3n) is 4.29. The number of hydrogen-bond acceptors (Lipinski definition) is 5. The fourth-order valence-corrected chi connectivity index (χ4v) is 3.81. The van der Waals surface area contributed by atoms with E-state index in [0.717, 1.165) is 28.5 Å². The molecule has 2 aromatic carbocycles. The van der Waals surface area contributed by atoms with E-state index in [1.54, 1.807) is 0 Å². The quantitative estimate of drug-likeness (QED) is 0.907. The van der Waals surface area contributed by atoms with Crippen LogP contribution in [-0.2, 0) is 4.79 Å². The van der Waals surface area contributed by atoms with E-state index in [4.69, 9.17) is 4.99 Å². The summed E-state index contributed by atoms with van der Waals surface area (Å²) in [6, 6.07) is 16.1. The molecule has 0 saturated heterocycles. The fourth-order valence-electron chi connectivity index (χ4n) is 3.01. The minimum atomic E-state index is -0.0411. The number of nitrogens with zero attached hydrogens (tertiary/aromatic N) is 3. The Labute approximate surface area is 150 Å². The fraction of sp³-hybridized carbons (Fsp3) is 0.211. The molecule has 2 aromatic rings. The third-order valence-corrected chi connectivity index (χ3v) is 5.23. The molecule has 6 heteroatoms.